The van der Waals surface area contributed by atoms with Gasteiger partial charge in [-0.05, 0) is 41.7 Å². The minimum Gasteiger partial charge on any atom is -0.356 e. The molecule has 27 heavy (non-hydrogen) atoms. The highest BCUT2D eigenvalue weighted by atomic mass is 127. The molecule has 0 saturated carbocycles. The van der Waals surface area contributed by atoms with Gasteiger partial charge in [0.2, 0.25) is 0 Å². The lowest BCUT2D eigenvalue weighted by Gasteiger charge is -2.14. The number of amides is 1. The molecule has 2 aromatic rings. The van der Waals surface area contributed by atoms with E-state index in [2.05, 4.69) is 52.1 Å². The first-order valence-corrected chi connectivity index (χ1v) is 9.00. The Kier molecular flexibility index (Phi) is 10.5. The second-order valence-electron chi connectivity index (χ2n) is 6.00. The van der Waals surface area contributed by atoms with E-state index in [1.807, 2.05) is 24.3 Å². The minimum atomic E-state index is -0.0631. The van der Waals surface area contributed by atoms with E-state index >= 15 is 0 Å². The van der Waals surface area contributed by atoms with Gasteiger partial charge >= 0.3 is 0 Å². The van der Waals surface area contributed by atoms with Gasteiger partial charge in [-0.3, -0.25) is 9.79 Å². The molecule has 0 unspecified atom stereocenters. The van der Waals surface area contributed by atoms with Crippen molar-refractivity contribution in [1.29, 1.82) is 0 Å². The number of nitrogens with zero attached hydrogens (tertiary/aromatic N) is 1. The fourth-order valence-corrected chi connectivity index (χ4v) is 2.81. The average Bonchev–Trinajstić information content (AvgIpc) is 2.70. The zero-order valence-electron chi connectivity index (χ0n) is 16.2. The Hall–Kier alpha value is -2.09. The minimum absolute atomic E-state index is 0. The fraction of sp³-hybridized carbons (Fsp3) is 0.333. The van der Waals surface area contributed by atoms with E-state index in [0.29, 0.717) is 5.56 Å². The summed E-state index contributed by atoms with van der Waals surface area (Å²) in [4.78, 5) is 16.0. The molecule has 0 bridgehead atoms. The highest BCUT2D eigenvalue weighted by molar-refractivity contribution is 14.0. The summed E-state index contributed by atoms with van der Waals surface area (Å²) in [7, 11) is 3.41. The molecule has 0 radical (unpaired) electrons. The maximum absolute atomic E-state index is 11.7. The molecule has 146 valence electrons. The summed E-state index contributed by atoms with van der Waals surface area (Å²) in [6.45, 7) is 3.65. The number of halogens is 1. The molecule has 2 rings (SSSR count). The molecule has 0 atom stereocenters. The first-order valence-electron chi connectivity index (χ1n) is 9.00. The van der Waals surface area contributed by atoms with Crippen LogP contribution in [0.25, 0.3) is 0 Å². The van der Waals surface area contributed by atoms with Crippen LogP contribution in [-0.2, 0) is 19.4 Å². The van der Waals surface area contributed by atoms with Crippen molar-refractivity contribution < 1.29 is 4.79 Å². The molecule has 0 heterocycles. The predicted octanol–water partition coefficient (Wildman–Crippen LogP) is 3.13. The van der Waals surface area contributed by atoms with Crippen LogP contribution >= 0.6 is 24.0 Å². The lowest BCUT2D eigenvalue weighted by atomic mass is 10.1. The van der Waals surface area contributed by atoms with Crippen molar-refractivity contribution in [3.63, 3.8) is 0 Å². The molecule has 0 spiro atoms. The summed E-state index contributed by atoms with van der Waals surface area (Å²) in [6, 6.07) is 16.1. The molecular weight excluding hydrogens is 451 g/mol. The Morgan fingerprint density at radius 3 is 2.44 bits per heavy atom. The summed E-state index contributed by atoms with van der Waals surface area (Å²) in [6.07, 6.45) is 1.84. The second-order valence-corrected chi connectivity index (χ2v) is 6.00. The molecule has 3 N–H and O–H groups in total. The van der Waals surface area contributed by atoms with Crippen molar-refractivity contribution in [2.24, 2.45) is 4.99 Å². The molecule has 0 aliphatic rings. The number of carbonyl (C=O) groups is 1. The first kappa shape index (κ1) is 23.0. The van der Waals surface area contributed by atoms with E-state index < -0.39 is 0 Å². The highest BCUT2D eigenvalue weighted by Crippen LogP contribution is 2.09. The number of hydrogen-bond donors (Lipinski definition) is 3. The largest absolute Gasteiger partial charge is 0.356 e. The third-order valence-corrected chi connectivity index (χ3v) is 4.29. The number of hydrogen-bond acceptors (Lipinski definition) is 2. The van der Waals surface area contributed by atoms with Gasteiger partial charge in [0.25, 0.3) is 5.91 Å². The van der Waals surface area contributed by atoms with Gasteiger partial charge in [0.1, 0.15) is 0 Å². The number of benzene rings is 2. The van der Waals surface area contributed by atoms with Gasteiger partial charge in [-0.25, -0.2) is 0 Å². The molecule has 2 aromatic carbocycles. The molecule has 0 aromatic heterocycles. The van der Waals surface area contributed by atoms with Crippen LogP contribution in [0.2, 0.25) is 0 Å². The SMILES string of the molecule is CCc1ccccc1CNC(=NC)NCCc1cccc(C(=O)NC)c1.I. The van der Waals surface area contributed by atoms with Gasteiger partial charge in [0.05, 0.1) is 0 Å². The number of guanidine groups is 1. The van der Waals surface area contributed by atoms with Crippen molar-refractivity contribution in [3.8, 4) is 0 Å². The molecule has 0 fully saturated rings. The Morgan fingerprint density at radius 1 is 1.04 bits per heavy atom. The van der Waals surface area contributed by atoms with Crippen molar-refractivity contribution in [2.45, 2.75) is 26.3 Å². The molecule has 5 nitrogen and oxygen atoms in total. The van der Waals surface area contributed by atoms with Gasteiger partial charge in [0, 0.05) is 32.7 Å². The zero-order valence-corrected chi connectivity index (χ0v) is 18.5. The van der Waals surface area contributed by atoms with Gasteiger partial charge < -0.3 is 16.0 Å². The summed E-state index contributed by atoms with van der Waals surface area (Å²) >= 11 is 0. The van der Waals surface area contributed by atoms with Crippen molar-refractivity contribution in [3.05, 3.63) is 70.8 Å². The van der Waals surface area contributed by atoms with Crippen LogP contribution in [0.5, 0.6) is 0 Å². The number of carbonyl (C=O) groups excluding carboxylic acids is 1. The maximum Gasteiger partial charge on any atom is 0.251 e. The van der Waals surface area contributed by atoms with E-state index in [1.54, 1.807) is 14.1 Å². The maximum atomic E-state index is 11.7. The van der Waals surface area contributed by atoms with Crippen LogP contribution < -0.4 is 16.0 Å². The monoisotopic (exact) mass is 480 g/mol. The standard InChI is InChI=1S/C21H28N4O.HI/c1-4-17-9-5-6-10-19(17)15-25-21(23-3)24-13-12-16-8-7-11-18(14-16)20(26)22-2;/h5-11,14H,4,12-13,15H2,1-3H3,(H,22,26)(H2,23,24,25);1H. The summed E-state index contributed by atoms with van der Waals surface area (Å²) in [5.41, 5.74) is 4.44. The number of aryl methyl sites for hydroxylation is 1. The zero-order chi connectivity index (χ0) is 18.8. The van der Waals surface area contributed by atoms with Crippen LogP contribution in [0.4, 0.5) is 0 Å². The summed E-state index contributed by atoms with van der Waals surface area (Å²) in [5.74, 6) is 0.713. The summed E-state index contributed by atoms with van der Waals surface area (Å²) < 4.78 is 0. The van der Waals surface area contributed by atoms with E-state index in [1.165, 1.54) is 11.1 Å². The van der Waals surface area contributed by atoms with Crippen LogP contribution in [0.15, 0.2) is 53.5 Å². The van der Waals surface area contributed by atoms with E-state index in [4.69, 9.17) is 0 Å². The molecule has 0 aliphatic heterocycles. The lowest BCUT2D eigenvalue weighted by molar-refractivity contribution is 0.0963. The molecule has 0 aliphatic carbocycles. The Morgan fingerprint density at radius 2 is 1.78 bits per heavy atom. The molecule has 1 amide bonds. The molecule has 6 heteroatoms. The fourth-order valence-electron chi connectivity index (χ4n) is 2.81. The summed E-state index contributed by atoms with van der Waals surface area (Å²) in [5, 5.41) is 9.34. The first-order chi connectivity index (χ1) is 12.7. The number of nitrogens with one attached hydrogen (secondary N) is 3. The Balaban J connectivity index is 0.00000364. The third-order valence-electron chi connectivity index (χ3n) is 4.29. The van der Waals surface area contributed by atoms with Crippen molar-refractivity contribution in [1.82, 2.24) is 16.0 Å². The normalized spacial score (nSPS) is 10.7. The van der Waals surface area contributed by atoms with Gasteiger partial charge in [-0.15, -0.1) is 24.0 Å². The van der Waals surface area contributed by atoms with E-state index in [0.717, 1.165) is 37.5 Å². The van der Waals surface area contributed by atoms with E-state index in [-0.39, 0.29) is 29.9 Å². The van der Waals surface area contributed by atoms with Gasteiger partial charge in [0.15, 0.2) is 5.96 Å². The second kappa shape index (κ2) is 12.3. The Bertz CT molecular complexity index is 761. The lowest BCUT2D eigenvalue weighted by Crippen LogP contribution is -2.38. The van der Waals surface area contributed by atoms with Crippen molar-refractivity contribution in [2.75, 3.05) is 20.6 Å². The van der Waals surface area contributed by atoms with Gasteiger partial charge in [-0.1, -0.05) is 43.3 Å². The Labute approximate surface area is 179 Å². The molecule has 0 saturated heterocycles. The number of rotatable bonds is 7. The van der Waals surface area contributed by atoms with E-state index in [9.17, 15) is 4.79 Å². The molecular formula is C21H29IN4O. The number of aliphatic imine (C=N–C) groups is 1. The topological polar surface area (TPSA) is 65.5 Å². The average molecular weight is 480 g/mol. The predicted molar refractivity (Wildman–Crippen MR) is 123 cm³/mol. The van der Waals surface area contributed by atoms with Crippen LogP contribution in [0, 0.1) is 0 Å². The highest BCUT2D eigenvalue weighted by Gasteiger charge is 2.05. The third kappa shape index (κ3) is 7.21. The van der Waals surface area contributed by atoms with Crippen LogP contribution in [0.3, 0.4) is 0 Å². The van der Waals surface area contributed by atoms with Crippen molar-refractivity contribution >= 4 is 35.8 Å². The van der Waals surface area contributed by atoms with Crippen LogP contribution in [-0.4, -0.2) is 32.5 Å². The van der Waals surface area contributed by atoms with Crippen LogP contribution in [0.1, 0.15) is 34.0 Å². The van der Waals surface area contributed by atoms with Gasteiger partial charge in [-0.2, -0.15) is 0 Å². The quantitative estimate of drug-likeness (QED) is 0.324. The smallest absolute Gasteiger partial charge is 0.251 e.